The number of rotatable bonds is 1. The zero-order valence-corrected chi connectivity index (χ0v) is 18.8. The van der Waals surface area contributed by atoms with Gasteiger partial charge in [-0.3, -0.25) is 0 Å². The second kappa shape index (κ2) is 6.77. The van der Waals surface area contributed by atoms with Gasteiger partial charge in [-0.1, -0.05) is 26.3 Å². The molecule has 158 valence electrons. The Hall–Kier alpha value is -0.990. The summed E-state index contributed by atoms with van der Waals surface area (Å²) in [6.07, 6.45) is 11.9. The van der Waals surface area contributed by atoms with Crippen LogP contribution < -0.4 is 0 Å². The van der Waals surface area contributed by atoms with Crippen molar-refractivity contribution in [3.8, 4) is 0 Å². The highest BCUT2D eigenvalue weighted by atomic mass is 16.7. The highest BCUT2D eigenvalue weighted by molar-refractivity contribution is 5.61. The van der Waals surface area contributed by atoms with Gasteiger partial charge in [0.1, 0.15) is 11.7 Å². The zero-order valence-electron chi connectivity index (χ0n) is 18.8. The van der Waals surface area contributed by atoms with E-state index in [0.29, 0.717) is 10.8 Å². The van der Waals surface area contributed by atoms with Crippen LogP contribution in [0.1, 0.15) is 92.9 Å². The van der Waals surface area contributed by atoms with Crippen LogP contribution in [-0.4, -0.2) is 17.9 Å². The van der Waals surface area contributed by atoms with E-state index >= 15 is 0 Å². The van der Waals surface area contributed by atoms with Crippen LogP contribution in [0.5, 0.6) is 0 Å². The molecule has 4 aliphatic carbocycles. The molecule has 3 fully saturated rings. The zero-order chi connectivity index (χ0) is 20.3. The van der Waals surface area contributed by atoms with Crippen molar-refractivity contribution in [2.24, 2.45) is 34.5 Å². The Kier molecular flexibility index (Phi) is 4.91. The largest absolute Gasteiger partial charge is 0.509 e. The van der Waals surface area contributed by atoms with Crippen LogP contribution in [0.15, 0.2) is 11.6 Å². The van der Waals surface area contributed by atoms with Gasteiger partial charge in [-0.2, -0.15) is 0 Å². The van der Waals surface area contributed by atoms with Crippen molar-refractivity contribution in [3.63, 3.8) is 0 Å². The second-order valence-corrected chi connectivity index (χ2v) is 11.7. The maximum absolute atomic E-state index is 12.1. The first-order chi connectivity index (χ1) is 13.0. The molecule has 0 heterocycles. The van der Waals surface area contributed by atoms with Gasteiger partial charge in [-0.15, -0.1) is 0 Å². The lowest BCUT2D eigenvalue weighted by molar-refractivity contribution is -0.0589. The molecule has 4 aliphatic rings. The van der Waals surface area contributed by atoms with Crippen LogP contribution in [0.4, 0.5) is 4.79 Å². The lowest BCUT2D eigenvalue weighted by atomic mass is 9.47. The van der Waals surface area contributed by atoms with Gasteiger partial charge in [0, 0.05) is 0 Å². The summed E-state index contributed by atoms with van der Waals surface area (Å²) in [4.78, 5) is 12.1. The third-order valence-corrected chi connectivity index (χ3v) is 9.18. The lowest BCUT2D eigenvalue weighted by Gasteiger charge is -2.58. The molecule has 0 aromatic rings. The van der Waals surface area contributed by atoms with Crippen LogP contribution >= 0.6 is 0 Å². The van der Waals surface area contributed by atoms with Gasteiger partial charge in [-0.05, 0) is 113 Å². The predicted octanol–water partition coefficient (Wildman–Crippen LogP) is 6.91. The van der Waals surface area contributed by atoms with Gasteiger partial charge in [0.2, 0.25) is 0 Å². The summed E-state index contributed by atoms with van der Waals surface area (Å²) in [5, 5.41) is 0. The molecule has 0 saturated heterocycles. The minimum Gasteiger partial charge on any atom is -0.429 e. The molecule has 3 heteroatoms. The third-order valence-electron chi connectivity index (χ3n) is 9.18. The van der Waals surface area contributed by atoms with Crippen LogP contribution in [0.2, 0.25) is 0 Å². The third kappa shape index (κ3) is 3.31. The van der Waals surface area contributed by atoms with Crippen molar-refractivity contribution in [1.82, 2.24) is 0 Å². The Bertz CT molecular complexity index is 659. The molecule has 0 radical (unpaired) electrons. The van der Waals surface area contributed by atoms with E-state index in [1.165, 1.54) is 38.5 Å². The standard InChI is InChI=1S/C25H40O3/c1-16-7-10-20-19-9-8-17-15-18(27-22(26)28-23(2,3)4)11-13-25(17,6)21(19)12-14-24(16,20)5/h15-16,18-21H,7-14H2,1-6H3. The van der Waals surface area contributed by atoms with E-state index in [1.54, 1.807) is 5.57 Å². The maximum atomic E-state index is 12.1. The molecular weight excluding hydrogens is 348 g/mol. The summed E-state index contributed by atoms with van der Waals surface area (Å²) in [6, 6.07) is 0. The molecule has 0 spiro atoms. The van der Waals surface area contributed by atoms with Crippen LogP contribution in [-0.2, 0) is 9.47 Å². The smallest absolute Gasteiger partial charge is 0.429 e. The quantitative estimate of drug-likeness (QED) is 0.362. The van der Waals surface area contributed by atoms with Crippen LogP contribution in [0.25, 0.3) is 0 Å². The van der Waals surface area contributed by atoms with Gasteiger partial charge in [0.15, 0.2) is 0 Å². The summed E-state index contributed by atoms with van der Waals surface area (Å²) in [6.45, 7) is 13.2. The van der Waals surface area contributed by atoms with Crippen molar-refractivity contribution in [2.45, 2.75) is 105 Å². The molecule has 0 N–H and O–H groups in total. The normalized spacial score (nSPS) is 45.4. The predicted molar refractivity (Wildman–Crippen MR) is 112 cm³/mol. The van der Waals surface area contributed by atoms with Crippen molar-refractivity contribution in [2.75, 3.05) is 0 Å². The lowest BCUT2D eigenvalue weighted by Crippen LogP contribution is -2.50. The molecule has 7 atom stereocenters. The number of carbonyl (C=O) groups is 1. The molecule has 0 aromatic carbocycles. The summed E-state index contributed by atoms with van der Waals surface area (Å²) in [5.74, 6) is 3.53. The van der Waals surface area contributed by atoms with E-state index in [-0.39, 0.29) is 6.10 Å². The second-order valence-electron chi connectivity index (χ2n) is 11.7. The van der Waals surface area contributed by atoms with Gasteiger partial charge in [-0.25, -0.2) is 4.79 Å². The van der Waals surface area contributed by atoms with Crippen molar-refractivity contribution in [3.05, 3.63) is 11.6 Å². The van der Waals surface area contributed by atoms with Gasteiger partial charge >= 0.3 is 6.16 Å². The molecule has 3 nitrogen and oxygen atoms in total. The van der Waals surface area contributed by atoms with E-state index in [2.05, 4.69) is 26.8 Å². The first-order valence-corrected chi connectivity index (χ1v) is 11.6. The van der Waals surface area contributed by atoms with E-state index in [9.17, 15) is 4.79 Å². The molecule has 28 heavy (non-hydrogen) atoms. The Labute approximate surface area is 171 Å². The Balaban J connectivity index is 1.49. The van der Waals surface area contributed by atoms with Crippen molar-refractivity contribution < 1.29 is 14.3 Å². The highest BCUT2D eigenvalue weighted by Crippen LogP contribution is 2.66. The summed E-state index contributed by atoms with van der Waals surface area (Å²) in [5.41, 5.74) is 1.95. The Morgan fingerprint density at radius 1 is 1.04 bits per heavy atom. The summed E-state index contributed by atoms with van der Waals surface area (Å²) in [7, 11) is 0. The molecule has 7 unspecified atom stereocenters. The molecule has 0 aromatic heterocycles. The fourth-order valence-corrected chi connectivity index (χ4v) is 7.45. The van der Waals surface area contributed by atoms with E-state index in [0.717, 1.165) is 36.5 Å². The maximum Gasteiger partial charge on any atom is 0.509 e. The summed E-state index contributed by atoms with van der Waals surface area (Å²) >= 11 is 0. The number of hydrogen-bond acceptors (Lipinski definition) is 3. The van der Waals surface area contributed by atoms with E-state index in [1.807, 2.05) is 20.8 Å². The number of fused-ring (bicyclic) bond motifs is 5. The monoisotopic (exact) mass is 388 g/mol. The fourth-order valence-electron chi connectivity index (χ4n) is 7.45. The van der Waals surface area contributed by atoms with Crippen LogP contribution in [0.3, 0.4) is 0 Å². The van der Waals surface area contributed by atoms with Crippen molar-refractivity contribution >= 4 is 6.16 Å². The topological polar surface area (TPSA) is 35.5 Å². The van der Waals surface area contributed by atoms with Crippen molar-refractivity contribution in [1.29, 1.82) is 0 Å². The summed E-state index contributed by atoms with van der Waals surface area (Å²) < 4.78 is 11.0. The fraction of sp³-hybridized carbons (Fsp3) is 0.880. The minimum absolute atomic E-state index is 0.116. The Morgan fingerprint density at radius 3 is 2.50 bits per heavy atom. The number of allylic oxidation sites excluding steroid dienone is 1. The molecule has 0 aliphatic heterocycles. The highest BCUT2D eigenvalue weighted by Gasteiger charge is 2.58. The van der Waals surface area contributed by atoms with E-state index in [4.69, 9.17) is 9.47 Å². The number of hydrogen-bond donors (Lipinski definition) is 0. The Morgan fingerprint density at radius 2 is 1.79 bits per heavy atom. The van der Waals surface area contributed by atoms with Gasteiger partial charge < -0.3 is 9.47 Å². The molecular formula is C25H40O3. The van der Waals surface area contributed by atoms with Crippen LogP contribution in [0, 0.1) is 34.5 Å². The molecule has 4 rings (SSSR count). The average molecular weight is 389 g/mol. The first-order valence-electron chi connectivity index (χ1n) is 11.6. The average Bonchev–Trinajstić information content (AvgIpc) is 2.89. The molecule has 3 saturated carbocycles. The number of ether oxygens (including phenoxy) is 2. The molecule has 0 amide bonds. The van der Waals surface area contributed by atoms with E-state index < -0.39 is 11.8 Å². The van der Waals surface area contributed by atoms with Gasteiger partial charge in [0.25, 0.3) is 0 Å². The number of carbonyl (C=O) groups excluding carboxylic acids is 1. The first kappa shape index (κ1) is 20.3. The van der Waals surface area contributed by atoms with Gasteiger partial charge in [0.05, 0.1) is 0 Å². The SMILES string of the molecule is CC1CCC2C3CCC4=CC(OC(=O)OC(C)(C)C)CCC4(C)C3CCC12C. The minimum atomic E-state index is -0.528. The molecule has 0 bridgehead atoms.